The van der Waals surface area contributed by atoms with Gasteiger partial charge in [0, 0.05) is 16.4 Å². The molecule has 2 aromatic rings. The smallest absolute Gasteiger partial charge is 0.236 e. The summed E-state index contributed by atoms with van der Waals surface area (Å²) in [5, 5.41) is 10.7. The first-order chi connectivity index (χ1) is 11.5. The second-order valence-electron chi connectivity index (χ2n) is 5.37. The van der Waals surface area contributed by atoms with Crippen molar-refractivity contribution in [2.45, 2.75) is 19.0 Å². The first-order valence-electron chi connectivity index (χ1n) is 7.50. The Labute approximate surface area is 151 Å². The van der Waals surface area contributed by atoms with E-state index in [0.29, 0.717) is 6.42 Å². The van der Waals surface area contributed by atoms with Gasteiger partial charge in [-0.3, -0.25) is 0 Å². The zero-order valence-electron chi connectivity index (χ0n) is 13.2. The Morgan fingerprint density at radius 3 is 2.33 bits per heavy atom. The average molecular weight is 410 g/mol. The number of hydrogen-bond acceptors (Lipinski definition) is 3. The molecule has 0 heterocycles. The molecule has 1 atom stereocenters. The highest BCUT2D eigenvalue weighted by atomic mass is 79.9. The molecule has 1 unspecified atom stereocenters. The van der Waals surface area contributed by atoms with E-state index in [4.69, 9.17) is 0 Å². The van der Waals surface area contributed by atoms with Gasteiger partial charge in [0.1, 0.15) is 0 Å². The number of aliphatic hydroxyl groups excluding tert-OH is 1. The predicted octanol–water partition coefficient (Wildman–Crippen LogP) is 3.33. The lowest BCUT2D eigenvalue weighted by Crippen LogP contribution is -2.42. The van der Waals surface area contributed by atoms with Crippen LogP contribution in [0.2, 0.25) is 0 Å². The molecule has 2 rings (SSSR count). The third-order valence-corrected chi connectivity index (χ3v) is 6.03. The van der Waals surface area contributed by atoms with Gasteiger partial charge < -0.3 is 5.11 Å². The van der Waals surface area contributed by atoms with Crippen molar-refractivity contribution in [2.75, 3.05) is 6.61 Å². The molecule has 4 nitrogen and oxygen atoms in total. The highest BCUT2D eigenvalue weighted by molar-refractivity contribution is 9.10. The van der Waals surface area contributed by atoms with Crippen LogP contribution in [0, 0.1) is 0 Å². The van der Waals surface area contributed by atoms with E-state index in [9.17, 15) is 13.5 Å². The molecule has 0 saturated carbocycles. The SMILES string of the molecule is C=CS(=O)(=O)N(Cc1ccccc1Br)C(CO)Cc1ccccc1. The van der Waals surface area contributed by atoms with Crippen LogP contribution >= 0.6 is 15.9 Å². The molecular formula is C18H20BrNO3S. The lowest BCUT2D eigenvalue weighted by Gasteiger charge is -2.29. The zero-order chi connectivity index (χ0) is 17.6. The molecule has 2 aromatic carbocycles. The van der Waals surface area contributed by atoms with Gasteiger partial charge in [0.15, 0.2) is 0 Å². The topological polar surface area (TPSA) is 57.6 Å². The highest BCUT2D eigenvalue weighted by Gasteiger charge is 2.28. The molecule has 0 amide bonds. The van der Waals surface area contributed by atoms with Crippen molar-refractivity contribution in [1.82, 2.24) is 4.31 Å². The van der Waals surface area contributed by atoms with Crippen LogP contribution in [-0.4, -0.2) is 30.5 Å². The molecule has 24 heavy (non-hydrogen) atoms. The Balaban J connectivity index is 2.34. The van der Waals surface area contributed by atoms with Crippen LogP contribution < -0.4 is 0 Å². The van der Waals surface area contributed by atoms with E-state index >= 15 is 0 Å². The molecule has 0 radical (unpaired) electrons. The summed E-state index contributed by atoms with van der Waals surface area (Å²) in [5.74, 6) is 0. The summed E-state index contributed by atoms with van der Waals surface area (Å²) in [6.45, 7) is 3.31. The summed E-state index contributed by atoms with van der Waals surface area (Å²) < 4.78 is 27.1. The minimum absolute atomic E-state index is 0.161. The van der Waals surface area contributed by atoms with Crippen LogP contribution in [0.25, 0.3) is 0 Å². The van der Waals surface area contributed by atoms with E-state index in [2.05, 4.69) is 22.5 Å². The number of halogens is 1. The van der Waals surface area contributed by atoms with Gasteiger partial charge >= 0.3 is 0 Å². The number of hydrogen-bond donors (Lipinski definition) is 1. The highest BCUT2D eigenvalue weighted by Crippen LogP contribution is 2.23. The first kappa shape index (κ1) is 18.9. The molecule has 0 fully saturated rings. The van der Waals surface area contributed by atoms with Gasteiger partial charge in [-0.15, -0.1) is 0 Å². The van der Waals surface area contributed by atoms with Crippen molar-refractivity contribution in [1.29, 1.82) is 0 Å². The van der Waals surface area contributed by atoms with Gasteiger partial charge in [0.25, 0.3) is 0 Å². The van der Waals surface area contributed by atoms with Crippen LogP contribution in [0.1, 0.15) is 11.1 Å². The van der Waals surface area contributed by atoms with Crippen LogP contribution in [0.3, 0.4) is 0 Å². The van der Waals surface area contributed by atoms with Gasteiger partial charge in [-0.05, 0) is 23.6 Å². The molecule has 0 spiro atoms. The molecule has 0 saturated heterocycles. The minimum Gasteiger partial charge on any atom is -0.395 e. The molecule has 0 bridgehead atoms. The number of benzene rings is 2. The molecule has 0 aliphatic heterocycles. The second-order valence-corrected chi connectivity index (χ2v) is 8.06. The summed E-state index contributed by atoms with van der Waals surface area (Å²) >= 11 is 3.44. The summed E-state index contributed by atoms with van der Waals surface area (Å²) in [4.78, 5) is 0. The maximum absolute atomic E-state index is 12.5. The molecule has 1 N–H and O–H groups in total. The monoisotopic (exact) mass is 409 g/mol. The quantitative estimate of drug-likeness (QED) is 0.727. The van der Waals surface area contributed by atoms with E-state index < -0.39 is 16.1 Å². The normalized spacial score (nSPS) is 13.0. The van der Waals surface area contributed by atoms with E-state index in [0.717, 1.165) is 21.0 Å². The van der Waals surface area contributed by atoms with Crippen molar-refractivity contribution in [2.24, 2.45) is 0 Å². The number of rotatable bonds is 8. The maximum Gasteiger partial charge on any atom is 0.236 e. The zero-order valence-corrected chi connectivity index (χ0v) is 15.6. The molecule has 0 aliphatic carbocycles. The third-order valence-electron chi connectivity index (χ3n) is 3.75. The van der Waals surface area contributed by atoms with Crippen molar-refractivity contribution >= 4 is 26.0 Å². The van der Waals surface area contributed by atoms with Gasteiger partial charge in [-0.2, -0.15) is 4.31 Å². The van der Waals surface area contributed by atoms with E-state index in [1.807, 2.05) is 54.6 Å². The molecule has 0 aromatic heterocycles. The minimum atomic E-state index is -3.69. The van der Waals surface area contributed by atoms with Crippen LogP contribution in [-0.2, 0) is 23.0 Å². The summed E-state index contributed by atoms with van der Waals surface area (Å²) in [7, 11) is -3.69. The Hall–Kier alpha value is -1.47. The third kappa shape index (κ3) is 4.77. The van der Waals surface area contributed by atoms with Crippen LogP contribution in [0.5, 0.6) is 0 Å². The Morgan fingerprint density at radius 2 is 1.75 bits per heavy atom. The fourth-order valence-electron chi connectivity index (χ4n) is 2.46. The fraction of sp³-hybridized carbons (Fsp3) is 0.222. The molecule has 128 valence electrons. The van der Waals surface area contributed by atoms with Crippen LogP contribution in [0.15, 0.2) is 71.1 Å². The number of aliphatic hydroxyl groups is 1. The summed E-state index contributed by atoms with van der Waals surface area (Å²) in [6.07, 6.45) is 0.425. The standard InChI is InChI=1S/C18H20BrNO3S/c1-2-24(22,23)20(13-16-10-6-7-11-18(16)19)17(14-21)12-15-8-4-3-5-9-15/h2-11,17,21H,1,12-14H2. The first-order valence-corrected chi connectivity index (χ1v) is 9.80. The fourth-order valence-corrected chi connectivity index (χ4v) is 3.94. The molecule has 0 aliphatic rings. The van der Waals surface area contributed by atoms with Crippen molar-refractivity contribution in [3.05, 3.63) is 82.2 Å². The average Bonchev–Trinajstić information content (AvgIpc) is 2.60. The van der Waals surface area contributed by atoms with Gasteiger partial charge in [-0.1, -0.05) is 71.0 Å². The van der Waals surface area contributed by atoms with E-state index in [1.54, 1.807) is 0 Å². The van der Waals surface area contributed by atoms with Crippen molar-refractivity contribution < 1.29 is 13.5 Å². The summed E-state index contributed by atoms with van der Waals surface area (Å²) in [6, 6.07) is 16.4. The van der Waals surface area contributed by atoms with E-state index in [-0.39, 0.29) is 13.2 Å². The number of sulfonamides is 1. The largest absolute Gasteiger partial charge is 0.395 e. The number of nitrogens with zero attached hydrogens (tertiary/aromatic N) is 1. The Bertz CT molecular complexity index is 778. The van der Waals surface area contributed by atoms with Gasteiger partial charge in [-0.25, -0.2) is 8.42 Å². The van der Waals surface area contributed by atoms with Gasteiger partial charge in [0.05, 0.1) is 12.6 Å². The van der Waals surface area contributed by atoms with Crippen molar-refractivity contribution in [3.63, 3.8) is 0 Å². The van der Waals surface area contributed by atoms with E-state index in [1.165, 1.54) is 4.31 Å². The lowest BCUT2D eigenvalue weighted by atomic mass is 10.1. The van der Waals surface area contributed by atoms with Gasteiger partial charge in [0.2, 0.25) is 10.0 Å². The lowest BCUT2D eigenvalue weighted by molar-refractivity contribution is 0.183. The maximum atomic E-state index is 12.5. The Kier molecular flexibility index (Phi) is 6.74. The van der Waals surface area contributed by atoms with Crippen LogP contribution in [0.4, 0.5) is 0 Å². The molecular weight excluding hydrogens is 390 g/mol. The van der Waals surface area contributed by atoms with Crippen molar-refractivity contribution in [3.8, 4) is 0 Å². The Morgan fingerprint density at radius 1 is 1.12 bits per heavy atom. The predicted molar refractivity (Wildman–Crippen MR) is 99.8 cm³/mol. The second kappa shape index (κ2) is 8.58. The molecule has 6 heteroatoms. The summed E-state index contributed by atoms with van der Waals surface area (Å²) in [5.41, 5.74) is 1.79.